The van der Waals surface area contributed by atoms with Crippen LogP contribution >= 0.6 is 0 Å². The molecule has 3 unspecified atom stereocenters. The van der Waals surface area contributed by atoms with Crippen LogP contribution in [0.4, 0.5) is 0 Å². The number of hydrogen-bond donors (Lipinski definition) is 1. The van der Waals surface area contributed by atoms with Crippen LogP contribution in [0.3, 0.4) is 0 Å². The first-order valence-corrected chi connectivity index (χ1v) is 6.99. The van der Waals surface area contributed by atoms with Gasteiger partial charge in [-0.2, -0.15) is 0 Å². The smallest absolute Gasteiger partial charge is 0.0730 e. The average Bonchev–Trinajstić information content (AvgIpc) is 2.76. The number of nitrogens with zero attached hydrogens (tertiary/aromatic N) is 1. The van der Waals surface area contributed by atoms with Crippen LogP contribution < -0.4 is 5.73 Å². The minimum Gasteiger partial charge on any atom is -0.379 e. The Hall–Kier alpha value is -0.160. The van der Waals surface area contributed by atoms with E-state index in [0.29, 0.717) is 12.1 Å². The molecule has 4 heteroatoms. The number of ether oxygens (including phenoxy) is 2. The maximum atomic E-state index is 6.40. The molecule has 0 bridgehead atoms. The molecule has 0 aromatic carbocycles. The highest BCUT2D eigenvalue weighted by Crippen LogP contribution is 2.30. The van der Waals surface area contributed by atoms with E-state index in [9.17, 15) is 0 Å². The van der Waals surface area contributed by atoms with Crippen LogP contribution in [0.25, 0.3) is 0 Å². The van der Waals surface area contributed by atoms with Crippen LogP contribution in [0, 0.1) is 0 Å². The molecule has 0 radical (unpaired) electrons. The Morgan fingerprint density at radius 2 is 2.12 bits per heavy atom. The minimum atomic E-state index is -0.112. The van der Waals surface area contributed by atoms with Crippen molar-refractivity contribution in [2.24, 2.45) is 5.73 Å². The Balaban J connectivity index is 1.64. The normalized spacial score (nSPS) is 43.6. The van der Waals surface area contributed by atoms with E-state index in [1.807, 2.05) is 0 Å². The Morgan fingerprint density at radius 1 is 1.24 bits per heavy atom. The highest BCUT2D eigenvalue weighted by molar-refractivity contribution is 4.96. The molecule has 17 heavy (non-hydrogen) atoms. The molecule has 2 saturated heterocycles. The fraction of sp³-hybridized carbons (Fsp3) is 1.00. The first-order chi connectivity index (χ1) is 8.27. The van der Waals surface area contributed by atoms with E-state index in [4.69, 9.17) is 15.2 Å². The summed E-state index contributed by atoms with van der Waals surface area (Å²) >= 11 is 0. The lowest BCUT2D eigenvalue weighted by Gasteiger charge is -2.46. The molecule has 1 saturated carbocycles. The van der Waals surface area contributed by atoms with Crippen molar-refractivity contribution in [2.75, 3.05) is 32.9 Å². The zero-order chi connectivity index (χ0) is 11.7. The van der Waals surface area contributed by atoms with Gasteiger partial charge in [0, 0.05) is 25.7 Å². The van der Waals surface area contributed by atoms with Gasteiger partial charge in [0.15, 0.2) is 0 Å². The quantitative estimate of drug-likeness (QED) is 0.773. The summed E-state index contributed by atoms with van der Waals surface area (Å²) in [6.45, 7) is 4.45. The van der Waals surface area contributed by atoms with E-state index >= 15 is 0 Å². The number of fused-ring (bicyclic) bond motifs is 1. The predicted molar refractivity (Wildman–Crippen MR) is 65.9 cm³/mol. The third-order valence-electron chi connectivity index (χ3n) is 4.50. The third-order valence-corrected chi connectivity index (χ3v) is 4.50. The van der Waals surface area contributed by atoms with E-state index in [0.717, 1.165) is 39.3 Å². The Morgan fingerprint density at radius 3 is 2.94 bits per heavy atom. The van der Waals surface area contributed by atoms with Crippen LogP contribution in [0.15, 0.2) is 0 Å². The molecule has 0 spiro atoms. The van der Waals surface area contributed by atoms with Crippen molar-refractivity contribution in [1.29, 1.82) is 0 Å². The summed E-state index contributed by atoms with van der Waals surface area (Å²) in [6, 6.07) is 0.610. The standard InChI is InChI=1S/C13H24N2O2/c14-13(5-7-16-10-13)9-15-6-8-17-12-4-2-1-3-11(12)15/h11-12H,1-10,14H2. The Kier molecular flexibility index (Phi) is 3.39. The molecule has 3 atom stereocenters. The molecule has 3 fully saturated rings. The van der Waals surface area contributed by atoms with Crippen LogP contribution in [0.1, 0.15) is 32.1 Å². The van der Waals surface area contributed by atoms with Gasteiger partial charge in [-0.25, -0.2) is 0 Å². The van der Waals surface area contributed by atoms with E-state index in [1.54, 1.807) is 0 Å². The lowest BCUT2D eigenvalue weighted by atomic mass is 9.88. The predicted octanol–water partition coefficient (Wildman–Crippen LogP) is 0.748. The molecular weight excluding hydrogens is 216 g/mol. The van der Waals surface area contributed by atoms with Gasteiger partial charge in [0.2, 0.25) is 0 Å². The van der Waals surface area contributed by atoms with Crippen LogP contribution in [-0.2, 0) is 9.47 Å². The highest BCUT2D eigenvalue weighted by atomic mass is 16.5. The topological polar surface area (TPSA) is 47.7 Å². The van der Waals surface area contributed by atoms with Gasteiger partial charge in [0.1, 0.15) is 0 Å². The number of hydrogen-bond acceptors (Lipinski definition) is 4. The molecule has 2 N–H and O–H groups in total. The molecule has 3 rings (SSSR count). The van der Waals surface area contributed by atoms with Gasteiger partial charge < -0.3 is 15.2 Å². The second-order valence-electron chi connectivity index (χ2n) is 5.90. The summed E-state index contributed by atoms with van der Waals surface area (Å²) < 4.78 is 11.4. The zero-order valence-corrected chi connectivity index (χ0v) is 10.6. The first-order valence-electron chi connectivity index (χ1n) is 6.99. The van der Waals surface area contributed by atoms with Crippen LogP contribution in [-0.4, -0.2) is 55.5 Å². The fourth-order valence-electron chi connectivity index (χ4n) is 3.53. The van der Waals surface area contributed by atoms with Gasteiger partial charge in [-0.15, -0.1) is 0 Å². The molecule has 2 aliphatic heterocycles. The van der Waals surface area contributed by atoms with Crippen molar-refractivity contribution in [3.05, 3.63) is 0 Å². The molecule has 0 amide bonds. The lowest BCUT2D eigenvalue weighted by Crippen LogP contribution is -2.59. The van der Waals surface area contributed by atoms with Crippen molar-refractivity contribution < 1.29 is 9.47 Å². The van der Waals surface area contributed by atoms with Gasteiger partial charge >= 0.3 is 0 Å². The van der Waals surface area contributed by atoms with Crippen molar-refractivity contribution in [3.63, 3.8) is 0 Å². The largest absolute Gasteiger partial charge is 0.379 e. The van der Waals surface area contributed by atoms with Gasteiger partial charge in [0.05, 0.1) is 24.9 Å². The molecule has 2 heterocycles. The Labute approximate surface area is 103 Å². The SMILES string of the molecule is NC1(CN2CCOC3CCCCC32)CCOC1. The van der Waals surface area contributed by atoms with E-state index in [-0.39, 0.29) is 5.54 Å². The molecule has 98 valence electrons. The molecule has 4 nitrogen and oxygen atoms in total. The second kappa shape index (κ2) is 4.84. The highest BCUT2D eigenvalue weighted by Gasteiger charge is 2.39. The van der Waals surface area contributed by atoms with E-state index < -0.39 is 0 Å². The van der Waals surface area contributed by atoms with Gasteiger partial charge in [0.25, 0.3) is 0 Å². The molecular formula is C13H24N2O2. The monoisotopic (exact) mass is 240 g/mol. The number of rotatable bonds is 2. The molecule has 0 aromatic rings. The number of nitrogens with two attached hydrogens (primary N) is 1. The minimum absolute atomic E-state index is 0.112. The molecule has 3 aliphatic rings. The first kappa shape index (κ1) is 11.9. The lowest BCUT2D eigenvalue weighted by molar-refractivity contribution is -0.0935. The van der Waals surface area contributed by atoms with Gasteiger partial charge in [-0.3, -0.25) is 4.90 Å². The van der Waals surface area contributed by atoms with Crippen LogP contribution in [0.2, 0.25) is 0 Å². The zero-order valence-electron chi connectivity index (χ0n) is 10.6. The maximum Gasteiger partial charge on any atom is 0.0730 e. The van der Waals surface area contributed by atoms with Crippen molar-refractivity contribution >= 4 is 0 Å². The summed E-state index contributed by atoms with van der Waals surface area (Å²) in [6.07, 6.45) is 6.64. The third kappa shape index (κ3) is 2.50. The van der Waals surface area contributed by atoms with Gasteiger partial charge in [-0.1, -0.05) is 12.8 Å². The van der Waals surface area contributed by atoms with Crippen LogP contribution in [0.5, 0.6) is 0 Å². The van der Waals surface area contributed by atoms with E-state index in [1.165, 1.54) is 25.7 Å². The fourth-order valence-corrected chi connectivity index (χ4v) is 3.53. The molecule has 1 aliphatic carbocycles. The number of morpholine rings is 1. The van der Waals surface area contributed by atoms with E-state index in [2.05, 4.69) is 4.90 Å². The second-order valence-corrected chi connectivity index (χ2v) is 5.90. The van der Waals surface area contributed by atoms with Crippen molar-refractivity contribution in [3.8, 4) is 0 Å². The van der Waals surface area contributed by atoms with Crippen molar-refractivity contribution in [2.45, 2.75) is 49.8 Å². The van der Waals surface area contributed by atoms with Gasteiger partial charge in [-0.05, 0) is 19.3 Å². The summed E-state index contributed by atoms with van der Waals surface area (Å²) in [4.78, 5) is 2.57. The summed E-state index contributed by atoms with van der Waals surface area (Å²) in [5.74, 6) is 0. The Bertz CT molecular complexity index is 264. The van der Waals surface area contributed by atoms with Crippen molar-refractivity contribution in [1.82, 2.24) is 4.90 Å². The summed E-state index contributed by atoms with van der Waals surface area (Å²) in [5, 5.41) is 0. The maximum absolute atomic E-state index is 6.40. The molecule has 0 aromatic heterocycles. The summed E-state index contributed by atoms with van der Waals surface area (Å²) in [7, 11) is 0. The average molecular weight is 240 g/mol. The summed E-state index contributed by atoms with van der Waals surface area (Å²) in [5.41, 5.74) is 6.29.